The third-order valence-corrected chi connectivity index (χ3v) is 2.20. The minimum absolute atomic E-state index is 0.0742. The quantitative estimate of drug-likeness (QED) is 0.668. The van der Waals surface area contributed by atoms with E-state index in [9.17, 15) is 4.79 Å². The molecule has 0 aromatic heterocycles. The van der Waals surface area contributed by atoms with Gasteiger partial charge in [0.1, 0.15) is 6.61 Å². The summed E-state index contributed by atoms with van der Waals surface area (Å²) in [5.41, 5.74) is 0.739. The van der Waals surface area contributed by atoms with Crippen molar-refractivity contribution in [3.05, 3.63) is 42.5 Å². The number of morpholine rings is 1. The number of hydrogen-bond acceptors (Lipinski definition) is 2. The summed E-state index contributed by atoms with van der Waals surface area (Å²) >= 11 is 0. The summed E-state index contributed by atoms with van der Waals surface area (Å²) in [6, 6.07) is 9.31. The predicted octanol–water partition coefficient (Wildman–Crippen LogP) is 1.32. The standard InChI is InChI=1S/C11H12NO2/c13-11(10-4-2-1-3-5-10)12-6-8-14-9-7-12/h1-5,8H,6-7,9H2. The van der Waals surface area contributed by atoms with Crippen molar-refractivity contribution in [1.82, 2.24) is 4.90 Å². The zero-order valence-corrected chi connectivity index (χ0v) is 7.85. The SMILES string of the molecule is O=C(c1ccccc1)N1C[CH]OCC1. The van der Waals surface area contributed by atoms with Gasteiger partial charge in [-0.3, -0.25) is 4.79 Å². The molecule has 0 bridgehead atoms. The van der Waals surface area contributed by atoms with Crippen LogP contribution in [0.3, 0.4) is 0 Å². The van der Waals surface area contributed by atoms with Crippen LogP contribution < -0.4 is 0 Å². The van der Waals surface area contributed by atoms with Gasteiger partial charge in [-0.15, -0.1) is 0 Å². The second-order valence-corrected chi connectivity index (χ2v) is 3.15. The van der Waals surface area contributed by atoms with E-state index >= 15 is 0 Å². The molecule has 0 saturated carbocycles. The normalized spacial score (nSPS) is 16.7. The van der Waals surface area contributed by atoms with Gasteiger partial charge < -0.3 is 9.64 Å². The number of hydrogen-bond donors (Lipinski definition) is 0. The van der Waals surface area contributed by atoms with Crippen molar-refractivity contribution < 1.29 is 9.53 Å². The maximum Gasteiger partial charge on any atom is 0.254 e. The van der Waals surface area contributed by atoms with Gasteiger partial charge in [0, 0.05) is 18.7 Å². The number of benzene rings is 1. The summed E-state index contributed by atoms with van der Waals surface area (Å²) in [4.78, 5) is 13.6. The van der Waals surface area contributed by atoms with Crippen LogP contribution in [0.5, 0.6) is 0 Å². The largest absolute Gasteiger partial charge is 0.372 e. The van der Waals surface area contributed by atoms with E-state index < -0.39 is 0 Å². The molecule has 3 heteroatoms. The smallest absolute Gasteiger partial charge is 0.254 e. The first kappa shape index (κ1) is 9.21. The van der Waals surface area contributed by atoms with Crippen molar-refractivity contribution in [3.63, 3.8) is 0 Å². The van der Waals surface area contributed by atoms with Crippen LogP contribution in [-0.4, -0.2) is 30.5 Å². The highest BCUT2D eigenvalue weighted by Gasteiger charge is 2.17. The fourth-order valence-electron chi connectivity index (χ4n) is 1.43. The molecular weight excluding hydrogens is 178 g/mol. The Morgan fingerprint density at radius 1 is 1.29 bits per heavy atom. The lowest BCUT2D eigenvalue weighted by Crippen LogP contribution is -2.38. The number of rotatable bonds is 1. The molecule has 1 aromatic carbocycles. The van der Waals surface area contributed by atoms with E-state index in [1.807, 2.05) is 30.3 Å². The molecule has 0 aliphatic carbocycles. The van der Waals surface area contributed by atoms with Gasteiger partial charge in [0.05, 0.1) is 6.61 Å². The van der Waals surface area contributed by atoms with E-state index in [-0.39, 0.29) is 5.91 Å². The fraction of sp³-hybridized carbons (Fsp3) is 0.273. The highest BCUT2D eigenvalue weighted by molar-refractivity contribution is 5.94. The first-order valence-electron chi connectivity index (χ1n) is 4.65. The van der Waals surface area contributed by atoms with E-state index in [4.69, 9.17) is 4.74 Å². The molecular formula is C11H12NO2. The van der Waals surface area contributed by atoms with E-state index in [0.29, 0.717) is 19.7 Å². The molecule has 1 aliphatic rings. The van der Waals surface area contributed by atoms with Crippen LogP contribution in [0.2, 0.25) is 0 Å². The number of nitrogens with zero attached hydrogens (tertiary/aromatic N) is 1. The Labute approximate surface area is 83.3 Å². The van der Waals surface area contributed by atoms with Crippen LogP contribution in [0, 0.1) is 6.61 Å². The van der Waals surface area contributed by atoms with Gasteiger partial charge in [-0.05, 0) is 12.1 Å². The average Bonchev–Trinajstić information content (AvgIpc) is 2.30. The highest BCUT2D eigenvalue weighted by Crippen LogP contribution is 2.07. The number of amides is 1. The van der Waals surface area contributed by atoms with Crippen molar-refractivity contribution in [2.24, 2.45) is 0 Å². The highest BCUT2D eigenvalue weighted by atomic mass is 16.5. The van der Waals surface area contributed by atoms with Crippen LogP contribution in [-0.2, 0) is 4.74 Å². The molecule has 1 heterocycles. The number of ether oxygens (including phenoxy) is 1. The topological polar surface area (TPSA) is 29.5 Å². The van der Waals surface area contributed by atoms with Crippen LogP contribution >= 0.6 is 0 Å². The molecule has 1 amide bonds. The summed E-state index contributed by atoms with van der Waals surface area (Å²) in [6.45, 7) is 3.51. The van der Waals surface area contributed by atoms with Crippen LogP contribution in [0.1, 0.15) is 10.4 Å². The first-order valence-corrected chi connectivity index (χ1v) is 4.65. The molecule has 73 valence electrons. The van der Waals surface area contributed by atoms with Crippen molar-refractivity contribution in [3.8, 4) is 0 Å². The van der Waals surface area contributed by atoms with Crippen molar-refractivity contribution in [2.75, 3.05) is 19.7 Å². The van der Waals surface area contributed by atoms with E-state index in [1.54, 1.807) is 11.5 Å². The molecule has 0 unspecified atom stereocenters. The van der Waals surface area contributed by atoms with E-state index in [2.05, 4.69) is 0 Å². The van der Waals surface area contributed by atoms with Gasteiger partial charge in [-0.1, -0.05) is 18.2 Å². The maximum absolute atomic E-state index is 11.9. The number of carbonyl (C=O) groups excluding carboxylic acids is 1. The maximum atomic E-state index is 11.9. The summed E-state index contributed by atoms with van der Waals surface area (Å²) < 4.78 is 5.07. The number of carbonyl (C=O) groups is 1. The summed E-state index contributed by atoms with van der Waals surface area (Å²) in [5.74, 6) is 0.0742. The van der Waals surface area contributed by atoms with E-state index in [0.717, 1.165) is 5.56 Å². The average molecular weight is 190 g/mol. The Morgan fingerprint density at radius 3 is 2.71 bits per heavy atom. The van der Waals surface area contributed by atoms with Gasteiger partial charge in [0.15, 0.2) is 0 Å². The minimum Gasteiger partial charge on any atom is -0.372 e. The van der Waals surface area contributed by atoms with Gasteiger partial charge in [-0.25, -0.2) is 0 Å². The molecule has 1 fully saturated rings. The molecule has 0 atom stereocenters. The lowest BCUT2D eigenvalue weighted by molar-refractivity contribution is 0.0528. The lowest BCUT2D eigenvalue weighted by atomic mass is 10.2. The molecule has 1 aliphatic heterocycles. The van der Waals surface area contributed by atoms with Crippen molar-refractivity contribution in [2.45, 2.75) is 0 Å². The second-order valence-electron chi connectivity index (χ2n) is 3.15. The zero-order valence-electron chi connectivity index (χ0n) is 7.85. The molecule has 0 spiro atoms. The molecule has 1 radical (unpaired) electrons. The van der Waals surface area contributed by atoms with Gasteiger partial charge in [0.25, 0.3) is 5.91 Å². The van der Waals surface area contributed by atoms with Crippen LogP contribution in [0.25, 0.3) is 0 Å². The Balaban J connectivity index is 2.07. The van der Waals surface area contributed by atoms with Gasteiger partial charge in [0.2, 0.25) is 0 Å². The Morgan fingerprint density at radius 2 is 2.07 bits per heavy atom. The molecule has 0 N–H and O–H groups in total. The van der Waals surface area contributed by atoms with Gasteiger partial charge >= 0.3 is 0 Å². The predicted molar refractivity (Wildman–Crippen MR) is 52.6 cm³/mol. The Bertz CT molecular complexity index is 304. The zero-order chi connectivity index (χ0) is 9.80. The summed E-state index contributed by atoms with van der Waals surface area (Å²) in [6.07, 6.45) is 0. The summed E-state index contributed by atoms with van der Waals surface area (Å²) in [7, 11) is 0. The molecule has 3 nitrogen and oxygen atoms in total. The molecule has 1 aromatic rings. The molecule has 2 rings (SSSR count). The van der Waals surface area contributed by atoms with Crippen LogP contribution in [0.15, 0.2) is 30.3 Å². The third-order valence-electron chi connectivity index (χ3n) is 2.20. The van der Waals surface area contributed by atoms with Crippen LogP contribution in [0.4, 0.5) is 0 Å². The van der Waals surface area contributed by atoms with Crippen molar-refractivity contribution >= 4 is 5.91 Å². The Kier molecular flexibility index (Phi) is 2.79. The fourth-order valence-corrected chi connectivity index (χ4v) is 1.43. The molecule has 14 heavy (non-hydrogen) atoms. The van der Waals surface area contributed by atoms with E-state index in [1.165, 1.54) is 0 Å². The van der Waals surface area contributed by atoms with Crippen molar-refractivity contribution in [1.29, 1.82) is 0 Å². The minimum atomic E-state index is 0.0742. The third kappa shape index (κ3) is 1.93. The Hall–Kier alpha value is -1.35. The first-order chi connectivity index (χ1) is 6.88. The lowest BCUT2D eigenvalue weighted by Gasteiger charge is -2.26. The van der Waals surface area contributed by atoms with Gasteiger partial charge in [-0.2, -0.15) is 0 Å². The summed E-state index contributed by atoms with van der Waals surface area (Å²) in [5, 5.41) is 0. The molecule has 1 saturated heterocycles. The second kappa shape index (κ2) is 4.24. The monoisotopic (exact) mass is 190 g/mol.